The maximum absolute atomic E-state index is 11.7. The summed E-state index contributed by atoms with van der Waals surface area (Å²) in [6.45, 7) is 1.36. The Bertz CT molecular complexity index is 494. The van der Waals surface area contributed by atoms with Crippen molar-refractivity contribution in [3.63, 3.8) is 0 Å². The predicted molar refractivity (Wildman–Crippen MR) is 80.8 cm³/mol. The molecule has 1 fully saturated rings. The molecule has 6 nitrogen and oxygen atoms in total. The first-order chi connectivity index (χ1) is 10.7. The highest BCUT2D eigenvalue weighted by Gasteiger charge is 2.15. The summed E-state index contributed by atoms with van der Waals surface area (Å²) in [5.41, 5.74) is 0.666. The zero-order chi connectivity index (χ0) is 15.8. The molecule has 0 bridgehead atoms. The van der Waals surface area contributed by atoms with Crippen LogP contribution >= 0.6 is 0 Å². The Morgan fingerprint density at radius 3 is 2.68 bits per heavy atom. The van der Waals surface area contributed by atoms with Gasteiger partial charge in [-0.1, -0.05) is 0 Å². The average Bonchev–Trinajstić information content (AvgIpc) is 3.05. The summed E-state index contributed by atoms with van der Waals surface area (Å²) in [5, 5.41) is 2.72. The van der Waals surface area contributed by atoms with E-state index in [1.807, 2.05) is 0 Å². The van der Waals surface area contributed by atoms with Crippen LogP contribution in [0.5, 0.6) is 5.75 Å². The molecule has 22 heavy (non-hydrogen) atoms. The van der Waals surface area contributed by atoms with Crippen molar-refractivity contribution in [3.8, 4) is 5.75 Å². The van der Waals surface area contributed by atoms with Gasteiger partial charge in [0.25, 0.3) is 0 Å². The van der Waals surface area contributed by atoms with Crippen LogP contribution in [0.1, 0.15) is 25.7 Å². The van der Waals surface area contributed by atoms with Crippen molar-refractivity contribution < 1.29 is 23.8 Å². The number of ether oxygens (including phenoxy) is 3. The minimum Gasteiger partial charge on any atom is -0.491 e. The number of rotatable bonds is 7. The second-order valence-corrected chi connectivity index (χ2v) is 5.09. The van der Waals surface area contributed by atoms with Gasteiger partial charge < -0.3 is 19.5 Å². The van der Waals surface area contributed by atoms with E-state index >= 15 is 0 Å². The van der Waals surface area contributed by atoms with Gasteiger partial charge in [-0.25, -0.2) is 0 Å². The summed E-state index contributed by atoms with van der Waals surface area (Å²) >= 11 is 0. The minimum atomic E-state index is -0.395. The molecule has 120 valence electrons. The van der Waals surface area contributed by atoms with Gasteiger partial charge in [-0.05, 0) is 37.1 Å². The van der Waals surface area contributed by atoms with Crippen molar-refractivity contribution >= 4 is 17.6 Å². The number of hydrogen-bond donors (Lipinski definition) is 1. The first kappa shape index (κ1) is 16.3. The van der Waals surface area contributed by atoms with Gasteiger partial charge in [0.1, 0.15) is 12.4 Å². The van der Waals surface area contributed by atoms with E-state index in [2.05, 4.69) is 10.1 Å². The molecule has 0 unspecified atom stereocenters. The number of carbonyl (C=O) groups is 2. The summed E-state index contributed by atoms with van der Waals surface area (Å²) in [6.07, 6.45) is 2.48. The molecule has 0 aromatic heterocycles. The van der Waals surface area contributed by atoms with Crippen LogP contribution in [0.25, 0.3) is 0 Å². The fourth-order valence-electron chi connectivity index (χ4n) is 2.14. The quantitative estimate of drug-likeness (QED) is 0.781. The third kappa shape index (κ3) is 5.37. The molecule has 1 aromatic rings. The highest BCUT2D eigenvalue weighted by Crippen LogP contribution is 2.18. The average molecular weight is 307 g/mol. The smallest absolute Gasteiger partial charge is 0.306 e. The number of anilines is 1. The summed E-state index contributed by atoms with van der Waals surface area (Å²) < 4.78 is 15.6. The number of nitrogens with one attached hydrogen (secondary N) is 1. The lowest BCUT2D eigenvalue weighted by molar-refractivity contribution is -0.141. The van der Waals surface area contributed by atoms with E-state index in [1.54, 1.807) is 24.3 Å². The fourth-order valence-corrected chi connectivity index (χ4v) is 2.14. The van der Waals surface area contributed by atoms with E-state index in [-0.39, 0.29) is 24.9 Å². The van der Waals surface area contributed by atoms with Crippen LogP contribution in [0.4, 0.5) is 5.69 Å². The van der Waals surface area contributed by atoms with Crippen LogP contribution in [-0.2, 0) is 19.1 Å². The van der Waals surface area contributed by atoms with Gasteiger partial charge in [0.05, 0.1) is 19.6 Å². The van der Waals surface area contributed by atoms with Gasteiger partial charge in [-0.15, -0.1) is 0 Å². The second-order valence-electron chi connectivity index (χ2n) is 5.09. The summed E-state index contributed by atoms with van der Waals surface area (Å²) in [5.74, 6) is 0.120. The highest BCUT2D eigenvalue weighted by atomic mass is 16.5. The Morgan fingerprint density at radius 1 is 1.27 bits per heavy atom. The van der Waals surface area contributed by atoms with Crippen LogP contribution < -0.4 is 10.1 Å². The number of hydrogen-bond acceptors (Lipinski definition) is 5. The van der Waals surface area contributed by atoms with Crippen LogP contribution in [0, 0.1) is 0 Å². The van der Waals surface area contributed by atoms with Crippen molar-refractivity contribution in [2.75, 3.05) is 25.6 Å². The van der Waals surface area contributed by atoms with Crippen LogP contribution in [0.15, 0.2) is 24.3 Å². The van der Waals surface area contributed by atoms with Crippen LogP contribution in [-0.4, -0.2) is 38.3 Å². The summed E-state index contributed by atoms with van der Waals surface area (Å²) in [6, 6.07) is 7.12. The summed E-state index contributed by atoms with van der Waals surface area (Å²) in [4.78, 5) is 22.6. The zero-order valence-corrected chi connectivity index (χ0v) is 12.7. The number of benzene rings is 1. The highest BCUT2D eigenvalue weighted by molar-refractivity contribution is 5.92. The molecular formula is C16H21NO5. The maximum Gasteiger partial charge on any atom is 0.306 e. The number of amides is 1. The van der Waals surface area contributed by atoms with E-state index in [4.69, 9.17) is 9.47 Å². The summed E-state index contributed by atoms with van der Waals surface area (Å²) in [7, 11) is 1.30. The Labute approximate surface area is 129 Å². The van der Waals surface area contributed by atoms with Crippen LogP contribution in [0.3, 0.4) is 0 Å². The minimum absolute atomic E-state index is 0.0743. The fraction of sp³-hybridized carbons (Fsp3) is 0.500. The first-order valence-electron chi connectivity index (χ1n) is 7.38. The SMILES string of the molecule is COC(=O)CCC(=O)Nc1ccc(OC[C@H]2CCCO2)cc1. The van der Waals surface area contributed by atoms with Gasteiger partial charge in [0.15, 0.2) is 0 Å². The van der Waals surface area contributed by atoms with E-state index in [9.17, 15) is 9.59 Å². The van der Waals surface area contributed by atoms with E-state index in [0.29, 0.717) is 12.3 Å². The molecule has 0 aliphatic carbocycles. The molecule has 0 saturated carbocycles. The van der Waals surface area contributed by atoms with Gasteiger partial charge in [-0.3, -0.25) is 9.59 Å². The van der Waals surface area contributed by atoms with Gasteiger partial charge in [-0.2, -0.15) is 0 Å². The second kappa shape index (κ2) is 8.38. The monoisotopic (exact) mass is 307 g/mol. The molecular weight excluding hydrogens is 286 g/mol. The van der Waals surface area contributed by atoms with E-state index < -0.39 is 5.97 Å². The molecule has 0 radical (unpaired) electrons. The van der Waals surface area contributed by atoms with Gasteiger partial charge in [0.2, 0.25) is 5.91 Å². The molecule has 1 aliphatic heterocycles. The normalized spacial score (nSPS) is 17.0. The Kier molecular flexibility index (Phi) is 6.21. The van der Waals surface area contributed by atoms with Gasteiger partial charge in [0, 0.05) is 18.7 Å². The van der Waals surface area contributed by atoms with Crippen molar-refractivity contribution in [3.05, 3.63) is 24.3 Å². The number of methoxy groups -OCH3 is 1. The van der Waals surface area contributed by atoms with Crippen LogP contribution in [0.2, 0.25) is 0 Å². The van der Waals surface area contributed by atoms with E-state index in [0.717, 1.165) is 25.2 Å². The van der Waals surface area contributed by atoms with Crippen molar-refractivity contribution in [2.45, 2.75) is 31.8 Å². The number of esters is 1. The standard InChI is InChI=1S/C16H21NO5/c1-20-16(19)9-8-15(18)17-12-4-6-13(7-5-12)22-11-14-3-2-10-21-14/h4-7,14H,2-3,8-11H2,1H3,(H,17,18)/t14-/m1/s1. The predicted octanol–water partition coefficient (Wildman–Crippen LogP) is 2.14. The lowest BCUT2D eigenvalue weighted by Gasteiger charge is -2.12. The Morgan fingerprint density at radius 2 is 2.05 bits per heavy atom. The molecule has 1 aliphatic rings. The van der Waals surface area contributed by atoms with Crippen molar-refractivity contribution in [2.24, 2.45) is 0 Å². The molecule has 1 N–H and O–H groups in total. The Hall–Kier alpha value is -2.08. The maximum atomic E-state index is 11.7. The third-order valence-electron chi connectivity index (χ3n) is 3.38. The first-order valence-corrected chi connectivity index (χ1v) is 7.38. The molecule has 1 amide bonds. The molecule has 1 atom stereocenters. The topological polar surface area (TPSA) is 73.9 Å². The van der Waals surface area contributed by atoms with E-state index in [1.165, 1.54) is 7.11 Å². The Balaban J connectivity index is 1.73. The molecule has 1 aromatic carbocycles. The molecule has 1 heterocycles. The third-order valence-corrected chi connectivity index (χ3v) is 3.38. The molecule has 6 heteroatoms. The molecule has 1 saturated heterocycles. The van der Waals surface area contributed by atoms with Crippen molar-refractivity contribution in [1.82, 2.24) is 0 Å². The van der Waals surface area contributed by atoms with Crippen molar-refractivity contribution in [1.29, 1.82) is 0 Å². The molecule has 2 rings (SSSR count). The molecule has 0 spiro atoms. The lowest BCUT2D eigenvalue weighted by atomic mass is 10.2. The van der Waals surface area contributed by atoms with Gasteiger partial charge >= 0.3 is 5.97 Å². The lowest BCUT2D eigenvalue weighted by Crippen LogP contribution is -2.16. The number of carbonyl (C=O) groups excluding carboxylic acids is 2. The largest absolute Gasteiger partial charge is 0.491 e. The zero-order valence-electron chi connectivity index (χ0n) is 12.7.